The van der Waals surface area contributed by atoms with Gasteiger partial charge in [0.05, 0.1) is 6.61 Å². The zero-order valence-corrected chi connectivity index (χ0v) is 10.2. The van der Waals surface area contributed by atoms with Crippen molar-refractivity contribution in [2.75, 3.05) is 6.61 Å². The van der Waals surface area contributed by atoms with Gasteiger partial charge in [0.25, 0.3) is 0 Å². The molecule has 0 amide bonds. The summed E-state index contributed by atoms with van der Waals surface area (Å²) in [6, 6.07) is 0. The van der Waals surface area contributed by atoms with E-state index < -0.39 is 0 Å². The summed E-state index contributed by atoms with van der Waals surface area (Å²) in [5.41, 5.74) is 1.27. The van der Waals surface area contributed by atoms with Gasteiger partial charge in [-0.05, 0) is 37.5 Å². The number of rotatable bonds is 2. The lowest BCUT2D eigenvalue weighted by Gasteiger charge is -2.33. The lowest BCUT2D eigenvalue weighted by atomic mass is 9.72. The second-order valence-corrected chi connectivity index (χ2v) is 4.64. The molecule has 0 saturated heterocycles. The highest BCUT2D eigenvalue weighted by Crippen LogP contribution is 2.37. The minimum Gasteiger partial charge on any atom is -0.463 e. The molecule has 2 nitrogen and oxygen atoms in total. The van der Waals surface area contributed by atoms with E-state index in [-0.39, 0.29) is 5.97 Å². The third kappa shape index (κ3) is 3.08. The Morgan fingerprint density at radius 1 is 1.40 bits per heavy atom. The van der Waals surface area contributed by atoms with Gasteiger partial charge >= 0.3 is 5.97 Å². The van der Waals surface area contributed by atoms with Crippen molar-refractivity contribution in [3.05, 3.63) is 11.6 Å². The molecule has 1 fully saturated rings. The molecule has 1 aliphatic rings. The van der Waals surface area contributed by atoms with E-state index in [4.69, 9.17) is 4.74 Å². The lowest BCUT2D eigenvalue weighted by molar-refractivity contribution is -0.137. The maximum atomic E-state index is 11.4. The minimum absolute atomic E-state index is 0.180. The zero-order valence-electron chi connectivity index (χ0n) is 10.2. The molecule has 0 radical (unpaired) electrons. The van der Waals surface area contributed by atoms with Crippen LogP contribution in [0.5, 0.6) is 0 Å². The maximum absolute atomic E-state index is 11.4. The monoisotopic (exact) mass is 210 g/mol. The lowest BCUT2D eigenvalue weighted by Crippen LogP contribution is -2.23. The molecule has 2 heteroatoms. The van der Waals surface area contributed by atoms with Crippen LogP contribution in [0.1, 0.15) is 40.5 Å². The van der Waals surface area contributed by atoms with Crippen molar-refractivity contribution >= 4 is 5.97 Å². The SMILES string of the molecule is CCOC(=O)/C=C1/C(C)CCC(C)C1C. The van der Waals surface area contributed by atoms with Crippen LogP contribution in [0, 0.1) is 17.8 Å². The van der Waals surface area contributed by atoms with Crippen LogP contribution in [-0.2, 0) is 9.53 Å². The van der Waals surface area contributed by atoms with Crippen LogP contribution >= 0.6 is 0 Å². The molecule has 3 unspecified atom stereocenters. The Morgan fingerprint density at radius 2 is 2.07 bits per heavy atom. The van der Waals surface area contributed by atoms with E-state index in [1.165, 1.54) is 18.4 Å². The Morgan fingerprint density at radius 3 is 2.67 bits per heavy atom. The molecular formula is C13H22O2. The Hall–Kier alpha value is -0.790. The quantitative estimate of drug-likeness (QED) is 0.517. The highest BCUT2D eigenvalue weighted by molar-refractivity contribution is 5.83. The first kappa shape index (κ1) is 12.3. The zero-order chi connectivity index (χ0) is 11.4. The number of carbonyl (C=O) groups is 1. The van der Waals surface area contributed by atoms with Gasteiger partial charge in [-0.3, -0.25) is 0 Å². The van der Waals surface area contributed by atoms with E-state index in [9.17, 15) is 4.79 Å². The van der Waals surface area contributed by atoms with Crippen molar-refractivity contribution in [3.63, 3.8) is 0 Å². The number of carbonyl (C=O) groups excluding carboxylic acids is 1. The summed E-state index contributed by atoms with van der Waals surface area (Å²) >= 11 is 0. The highest BCUT2D eigenvalue weighted by atomic mass is 16.5. The fourth-order valence-corrected chi connectivity index (χ4v) is 2.30. The Kier molecular flexibility index (Phi) is 4.37. The molecule has 0 aliphatic heterocycles. The van der Waals surface area contributed by atoms with Crippen LogP contribution in [0.25, 0.3) is 0 Å². The highest BCUT2D eigenvalue weighted by Gasteiger charge is 2.27. The molecule has 0 spiro atoms. The van der Waals surface area contributed by atoms with Gasteiger partial charge in [-0.1, -0.05) is 26.3 Å². The van der Waals surface area contributed by atoms with Gasteiger partial charge in [-0.15, -0.1) is 0 Å². The summed E-state index contributed by atoms with van der Waals surface area (Å²) in [6.45, 7) is 8.97. The van der Waals surface area contributed by atoms with Gasteiger partial charge in [0, 0.05) is 6.08 Å². The number of allylic oxidation sites excluding steroid dienone is 1. The molecule has 0 N–H and O–H groups in total. The normalized spacial score (nSPS) is 34.1. The van der Waals surface area contributed by atoms with Crippen molar-refractivity contribution < 1.29 is 9.53 Å². The van der Waals surface area contributed by atoms with Gasteiger partial charge in [0.2, 0.25) is 0 Å². The fraction of sp³-hybridized carbons (Fsp3) is 0.769. The number of ether oxygens (including phenoxy) is 1. The van der Waals surface area contributed by atoms with Crippen LogP contribution in [0.3, 0.4) is 0 Å². The van der Waals surface area contributed by atoms with E-state index in [0.717, 1.165) is 0 Å². The second-order valence-electron chi connectivity index (χ2n) is 4.64. The summed E-state index contributed by atoms with van der Waals surface area (Å²) in [5.74, 6) is 1.54. The van der Waals surface area contributed by atoms with Gasteiger partial charge in [-0.2, -0.15) is 0 Å². The summed E-state index contributed by atoms with van der Waals surface area (Å²) < 4.78 is 4.96. The molecule has 0 heterocycles. The molecule has 15 heavy (non-hydrogen) atoms. The van der Waals surface area contributed by atoms with E-state index in [1.54, 1.807) is 6.08 Å². The number of esters is 1. The van der Waals surface area contributed by atoms with Gasteiger partial charge < -0.3 is 4.74 Å². The Labute approximate surface area is 92.7 Å². The first-order valence-electron chi connectivity index (χ1n) is 5.94. The average molecular weight is 210 g/mol. The Balaban J connectivity index is 2.75. The van der Waals surface area contributed by atoms with Gasteiger partial charge in [0.1, 0.15) is 0 Å². The van der Waals surface area contributed by atoms with Crippen LogP contribution in [-0.4, -0.2) is 12.6 Å². The number of hydrogen-bond donors (Lipinski definition) is 0. The molecule has 0 aromatic carbocycles. The molecule has 0 aromatic heterocycles. The maximum Gasteiger partial charge on any atom is 0.330 e. The van der Waals surface area contributed by atoms with Crippen LogP contribution in [0.2, 0.25) is 0 Å². The third-order valence-electron chi connectivity index (χ3n) is 3.57. The van der Waals surface area contributed by atoms with Crippen molar-refractivity contribution in [3.8, 4) is 0 Å². The number of hydrogen-bond acceptors (Lipinski definition) is 2. The Bertz CT molecular complexity index is 255. The van der Waals surface area contributed by atoms with Crippen molar-refractivity contribution in [1.29, 1.82) is 0 Å². The standard InChI is InChI=1S/C13H22O2/c1-5-15-13(14)8-12-10(3)7-6-9(2)11(12)4/h8-11H,5-7H2,1-4H3/b12-8-. The predicted octanol–water partition coefficient (Wildman–Crippen LogP) is 3.18. The fourth-order valence-electron chi connectivity index (χ4n) is 2.30. The summed E-state index contributed by atoms with van der Waals surface area (Å²) in [5, 5.41) is 0. The molecule has 0 bridgehead atoms. The molecule has 1 saturated carbocycles. The molecular weight excluding hydrogens is 188 g/mol. The topological polar surface area (TPSA) is 26.3 Å². The molecule has 3 atom stereocenters. The summed E-state index contributed by atoms with van der Waals surface area (Å²) in [6.07, 6.45) is 4.17. The van der Waals surface area contributed by atoms with Crippen molar-refractivity contribution in [2.45, 2.75) is 40.5 Å². The van der Waals surface area contributed by atoms with Crippen LogP contribution in [0.4, 0.5) is 0 Å². The average Bonchev–Trinajstić information content (AvgIpc) is 2.19. The van der Waals surface area contributed by atoms with E-state index >= 15 is 0 Å². The summed E-state index contributed by atoms with van der Waals surface area (Å²) in [7, 11) is 0. The summed E-state index contributed by atoms with van der Waals surface area (Å²) in [4.78, 5) is 11.4. The van der Waals surface area contributed by atoms with Gasteiger partial charge in [0.15, 0.2) is 0 Å². The predicted molar refractivity (Wildman–Crippen MR) is 61.4 cm³/mol. The molecule has 1 rings (SSSR count). The van der Waals surface area contributed by atoms with Crippen LogP contribution < -0.4 is 0 Å². The smallest absolute Gasteiger partial charge is 0.330 e. The second kappa shape index (κ2) is 5.34. The largest absolute Gasteiger partial charge is 0.463 e. The van der Waals surface area contributed by atoms with E-state index in [1.807, 2.05) is 6.92 Å². The van der Waals surface area contributed by atoms with Gasteiger partial charge in [-0.25, -0.2) is 4.79 Å². The minimum atomic E-state index is -0.180. The van der Waals surface area contributed by atoms with Crippen molar-refractivity contribution in [2.24, 2.45) is 17.8 Å². The first-order valence-corrected chi connectivity index (χ1v) is 5.94. The molecule has 1 aliphatic carbocycles. The van der Waals surface area contributed by atoms with Crippen molar-refractivity contribution in [1.82, 2.24) is 0 Å². The molecule has 0 aromatic rings. The first-order chi connectivity index (χ1) is 7.06. The third-order valence-corrected chi connectivity index (χ3v) is 3.57. The molecule has 86 valence electrons. The van der Waals surface area contributed by atoms with Crippen LogP contribution in [0.15, 0.2) is 11.6 Å². The van der Waals surface area contributed by atoms with E-state index in [2.05, 4.69) is 20.8 Å². The van der Waals surface area contributed by atoms with E-state index in [0.29, 0.717) is 24.4 Å².